The van der Waals surface area contributed by atoms with Gasteiger partial charge in [0.1, 0.15) is 11.4 Å². The summed E-state index contributed by atoms with van der Waals surface area (Å²) in [6.45, 7) is 5.95. The van der Waals surface area contributed by atoms with Gasteiger partial charge < -0.3 is 4.74 Å². The summed E-state index contributed by atoms with van der Waals surface area (Å²) in [5, 5.41) is 3.61. The fourth-order valence-corrected chi connectivity index (χ4v) is 1.39. The summed E-state index contributed by atoms with van der Waals surface area (Å²) in [5.74, 6) is 0.624. The van der Waals surface area contributed by atoms with Gasteiger partial charge in [-0.15, -0.1) is 0 Å². The molecule has 0 amide bonds. The molecule has 0 spiro atoms. The van der Waals surface area contributed by atoms with E-state index >= 15 is 0 Å². The molecule has 2 rings (SSSR count). The quantitative estimate of drug-likeness (QED) is 0.864. The number of benzene rings is 1. The van der Waals surface area contributed by atoms with Gasteiger partial charge in [0.15, 0.2) is 5.82 Å². The highest BCUT2D eigenvalue weighted by atomic mass is 16.5. The molecule has 2 aromatic rings. The summed E-state index contributed by atoms with van der Waals surface area (Å²) < 4.78 is 10.1. The van der Waals surface area contributed by atoms with Gasteiger partial charge in [-0.3, -0.25) is 9.51 Å². The van der Waals surface area contributed by atoms with Gasteiger partial charge in [0.2, 0.25) is 0 Å². The minimum Gasteiger partial charge on any atom is -0.488 e. The molecule has 0 atom stereocenters. The summed E-state index contributed by atoms with van der Waals surface area (Å²) in [5.41, 5.74) is 0.543. The van der Waals surface area contributed by atoms with Crippen molar-refractivity contribution in [3.63, 3.8) is 0 Å². The maximum Gasteiger partial charge on any atom is 0.439 e. The number of H-pyrrole nitrogens is 1. The van der Waals surface area contributed by atoms with Crippen LogP contribution in [0.15, 0.2) is 33.6 Å². The summed E-state index contributed by atoms with van der Waals surface area (Å²) >= 11 is 0. The van der Waals surface area contributed by atoms with Crippen molar-refractivity contribution in [1.82, 2.24) is 10.1 Å². The van der Waals surface area contributed by atoms with Crippen molar-refractivity contribution in [3.05, 3.63) is 34.8 Å². The molecule has 1 N–H and O–H groups in total. The largest absolute Gasteiger partial charge is 0.488 e. The predicted molar refractivity (Wildman–Crippen MR) is 62.9 cm³/mol. The predicted octanol–water partition coefficient (Wildman–Crippen LogP) is 2.21. The Morgan fingerprint density at radius 2 is 1.88 bits per heavy atom. The molecule has 0 radical (unpaired) electrons. The lowest BCUT2D eigenvalue weighted by atomic mass is 10.1. The van der Waals surface area contributed by atoms with Crippen LogP contribution in [0.5, 0.6) is 5.75 Å². The highest BCUT2D eigenvalue weighted by Crippen LogP contribution is 2.21. The summed E-state index contributed by atoms with van der Waals surface area (Å²) in [7, 11) is 0. The highest BCUT2D eigenvalue weighted by molar-refractivity contribution is 5.55. The van der Waals surface area contributed by atoms with E-state index in [1.807, 2.05) is 45.0 Å². The topological polar surface area (TPSA) is 68.1 Å². The normalized spacial score (nSPS) is 11.5. The van der Waals surface area contributed by atoms with Gasteiger partial charge in [-0.05, 0) is 45.0 Å². The molecule has 5 nitrogen and oxygen atoms in total. The zero-order chi connectivity index (χ0) is 12.5. The standard InChI is InChI=1S/C12H14N2O3/c1-12(2,3)16-9-6-4-8(5-7-9)10-13-11(15)17-14-10/h4-7H,1-3H3,(H,13,14,15). The molecule has 0 aliphatic heterocycles. The molecule has 0 fully saturated rings. The molecular formula is C12H14N2O3. The maximum absolute atomic E-state index is 10.8. The van der Waals surface area contributed by atoms with Crippen LogP contribution in [0.25, 0.3) is 11.4 Å². The minimum absolute atomic E-state index is 0.232. The van der Waals surface area contributed by atoms with Crippen molar-refractivity contribution in [2.45, 2.75) is 26.4 Å². The van der Waals surface area contributed by atoms with Crippen LogP contribution in [0.4, 0.5) is 0 Å². The Bertz CT molecular complexity index is 546. The molecule has 0 saturated carbocycles. The molecule has 0 bridgehead atoms. The number of hydrogen-bond donors (Lipinski definition) is 1. The average Bonchev–Trinajstić information content (AvgIpc) is 2.63. The first-order valence-electron chi connectivity index (χ1n) is 5.29. The lowest BCUT2D eigenvalue weighted by Gasteiger charge is -2.21. The summed E-state index contributed by atoms with van der Waals surface area (Å²) in [4.78, 5) is 13.3. The van der Waals surface area contributed by atoms with E-state index in [-0.39, 0.29) is 5.60 Å². The lowest BCUT2D eigenvalue weighted by Crippen LogP contribution is -2.22. The molecule has 0 unspecified atom stereocenters. The second kappa shape index (κ2) is 4.08. The Labute approximate surface area is 98.4 Å². The zero-order valence-electron chi connectivity index (χ0n) is 9.98. The Kier molecular flexibility index (Phi) is 2.75. The Balaban J connectivity index is 2.21. The number of nitrogens with zero attached hydrogens (tertiary/aromatic N) is 1. The highest BCUT2D eigenvalue weighted by Gasteiger charge is 2.12. The van der Waals surface area contributed by atoms with E-state index in [0.717, 1.165) is 11.3 Å². The Morgan fingerprint density at radius 1 is 1.24 bits per heavy atom. The van der Waals surface area contributed by atoms with Crippen molar-refractivity contribution in [1.29, 1.82) is 0 Å². The van der Waals surface area contributed by atoms with E-state index in [2.05, 4.69) is 14.7 Å². The third-order valence-corrected chi connectivity index (χ3v) is 1.99. The molecule has 1 heterocycles. The number of ether oxygens (including phenoxy) is 1. The van der Waals surface area contributed by atoms with Crippen molar-refractivity contribution in [2.24, 2.45) is 0 Å². The van der Waals surface area contributed by atoms with E-state index in [0.29, 0.717) is 5.82 Å². The third-order valence-electron chi connectivity index (χ3n) is 1.99. The van der Waals surface area contributed by atoms with Crippen molar-refractivity contribution < 1.29 is 9.26 Å². The van der Waals surface area contributed by atoms with Gasteiger partial charge in [-0.2, -0.15) is 0 Å². The molecule has 0 aliphatic rings. The van der Waals surface area contributed by atoms with E-state index in [1.165, 1.54) is 0 Å². The molecule has 5 heteroatoms. The monoisotopic (exact) mass is 234 g/mol. The number of rotatable bonds is 2. The van der Waals surface area contributed by atoms with Gasteiger partial charge in [0.25, 0.3) is 0 Å². The van der Waals surface area contributed by atoms with Crippen LogP contribution in [0.1, 0.15) is 20.8 Å². The van der Waals surface area contributed by atoms with Crippen molar-refractivity contribution in [2.75, 3.05) is 0 Å². The molecular weight excluding hydrogens is 220 g/mol. The van der Waals surface area contributed by atoms with E-state index < -0.39 is 5.76 Å². The molecule has 1 aromatic carbocycles. The van der Waals surface area contributed by atoms with Crippen LogP contribution in [0, 0.1) is 0 Å². The number of hydrogen-bond acceptors (Lipinski definition) is 4. The van der Waals surface area contributed by atoms with Crippen LogP contribution in [-0.2, 0) is 0 Å². The second-order valence-electron chi connectivity index (χ2n) is 4.68. The molecule has 1 aromatic heterocycles. The van der Waals surface area contributed by atoms with Crippen LogP contribution >= 0.6 is 0 Å². The fourth-order valence-electron chi connectivity index (χ4n) is 1.39. The van der Waals surface area contributed by atoms with Crippen LogP contribution in [-0.4, -0.2) is 15.7 Å². The van der Waals surface area contributed by atoms with Crippen LogP contribution in [0.3, 0.4) is 0 Å². The maximum atomic E-state index is 10.8. The van der Waals surface area contributed by atoms with Crippen LogP contribution < -0.4 is 10.5 Å². The first kappa shape index (κ1) is 11.4. The zero-order valence-corrected chi connectivity index (χ0v) is 9.98. The first-order chi connectivity index (χ1) is 7.94. The van der Waals surface area contributed by atoms with Gasteiger partial charge in [0, 0.05) is 5.56 Å². The summed E-state index contributed by atoms with van der Waals surface area (Å²) in [6.07, 6.45) is 0. The third kappa shape index (κ3) is 2.96. The minimum atomic E-state index is -0.560. The lowest BCUT2D eigenvalue weighted by molar-refractivity contribution is 0.131. The van der Waals surface area contributed by atoms with Gasteiger partial charge in [-0.25, -0.2) is 4.79 Å². The van der Waals surface area contributed by atoms with Gasteiger partial charge in [-0.1, -0.05) is 5.16 Å². The first-order valence-corrected chi connectivity index (χ1v) is 5.29. The van der Waals surface area contributed by atoms with Gasteiger partial charge in [0.05, 0.1) is 0 Å². The number of nitrogens with one attached hydrogen (secondary N) is 1. The van der Waals surface area contributed by atoms with E-state index in [9.17, 15) is 4.79 Å². The molecule has 0 saturated heterocycles. The molecule has 17 heavy (non-hydrogen) atoms. The SMILES string of the molecule is CC(C)(C)Oc1ccc(-c2noc(=O)[nH]2)cc1. The van der Waals surface area contributed by atoms with E-state index in [1.54, 1.807) is 0 Å². The fraction of sp³-hybridized carbons (Fsp3) is 0.333. The Hall–Kier alpha value is -2.04. The van der Waals surface area contributed by atoms with E-state index in [4.69, 9.17) is 4.74 Å². The smallest absolute Gasteiger partial charge is 0.439 e. The Morgan fingerprint density at radius 3 is 2.35 bits per heavy atom. The molecule has 0 aliphatic carbocycles. The average molecular weight is 234 g/mol. The van der Waals surface area contributed by atoms with Crippen molar-refractivity contribution >= 4 is 0 Å². The van der Waals surface area contributed by atoms with Gasteiger partial charge >= 0.3 is 5.76 Å². The number of aromatic nitrogens is 2. The summed E-state index contributed by atoms with van der Waals surface area (Å²) in [6, 6.07) is 7.28. The second-order valence-corrected chi connectivity index (χ2v) is 4.68. The molecule has 90 valence electrons. The number of aromatic amines is 1. The van der Waals surface area contributed by atoms with Crippen molar-refractivity contribution in [3.8, 4) is 17.1 Å². The van der Waals surface area contributed by atoms with Crippen LogP contribution in [0.2, 0.25) is 0 Å².